The predicted octanol–water partition coefficient (Wildman–Crippen LogP) is 4.66. The Morgan fingerprint density at radius 3 is 2.74 bits per heavy atom. The van der Waals surface area contributed by atoms with Crippen molar-refractivity contribution in [3.8, 4) is 17.4 Å². The van der Waals surface area contributed by atoms with Crippen LogP contribution in [-0.2, 0) is 12.7 Å². The van der Waals surface area contributed by atoms with Crippen LogP contribution < -0.4 is 5.63 Å². The summed E-state index contributed by atoms with van der Waals surface area (Å²) in [4.78, 5) is 21.6. The third-order valence-corrected chi connectivity index (χ3v) is 5.88. The van der Waals surface area contributed by atoms with E-state index in [-0.39, 0.29) is 34.7 Å². The van der Waals surface area contributed by atoms with Crippen molar-refractivity contribution in [1.29, 1.82) is 0 Å². The summed E-state index contributed by atoms with van der Waals surface area (Å²) in [6, 6.07) is 8.29. The van der Waals surface area contributed by atoms with Crippen LogP contribution in [0.25, 0.3) is 28.3 Å². The number of hydrogen-bond donors (Lipinski definition) is 0. The predicted molar refractivity (Wildman–Crippen MR) is 127 cm³/mol. The number of hydrogen-bond acceptors (Lipinski definition) is 7. The Hall–Kier alpha value is -3.33. The Morgan fingerprint density at radius 1 is 1.23 bits per heavy atom. The molecule has 5 rings (SSSR count). The zero-order valence-electron chi connectivity index (χ0n) is 17.6. The van der Waals surface area contributed by atoms with Gasteiger partial charge in [-0.15, -0.1) is 5.10 Å². The summed E-state index contributed by atoms with van der Waals surface area (Å²) in [6.07, 6.45) is -2.36. The van der Waals surface area contributed by atoms with Crippen molar-refractivity contribution in [2.75, 3.05) is 0 Å². The number of aromatic nitrogens is 7. The Bertz CT molecular complexity index is 1640. The molecule has 4 aromatic heterocycles. The van der Waals surface area contributed by atoms with E-state index in [0.29, 0.717) is 10.9 Å². The van der Waals surface area contributed by atoms with Gasteiger partial charge in [-0.25, -0.2) is 24.1 Å². The minimum Gasteiger partial charge on any atom is -0.401 e. The molecule has 35 heavy (non-hydrogen) atoms. The molecule has 0 aliphatic rings. The lowest BCUT2D eigenvalue weighted by molar-refractivity contribution is -0.141. The molecule has 1 aromatic carbocycles. The number of fused-ring (bicyclic) bond motifs is 1. The first-order valence-corrected chi connectivity index (χ1v) is 11.3. The van der Waals surface area contributed by atoms with E-state index in [1.165, 1.54) is 16.9 Å². The van der Waals surface area contributed by atoms with Gasteiger partial charge >= 0.3 is 11.8 Å². The number of benzene rings is 1. The van der Waals surface area contributed by atoms with E-state index < -0.39 is 17.5 Å². The van der Waals surface area contributed by atoms with Gasteiger partial charge < -0.3 is 4.42 Å². The molecule has 0 amide bonds. The van der Waals surface area contributed by atoms with Crippen LogP contribution in [0.4, 0.5) is 13.2 Å². The number of rotatable bonds is 4. The molecule has 0 aliphatic carbocycles. The molecule has 0 radical (unpaired) electrons. The highest BCUT2D eigenvalue weighted by molar-refractivity contribution is 14.1. The van der Waals surface area contributed by atoms with Gasteiger partial charge in [-0.05, 0) is 65.4 Å². The highest BCUT2D eigenvalue weighted by Crippen LogP contribution is 2.29. The lowest BCUT2D eigenvalue weighted by Crippen LogP contribution is -2.08. The molecule has 0 N–H and O–H groups in total. The molecule has 178 valence electrons. The topological polar surface area (TPSA) is 105 Å². The fourth-order valence-corrected chi connectivity index (χ4v) is 4.42. The summed E-state index contributed by atoms with van der Waals surface area (Å²) in [5.41, 5.74) is 0.00368. The summed E-state index contributed by atoms with van der Waals surface area (Å²) in [5, 5.41) is 11.7. The van der Waals surface area contributed by atoms with Crippen molar-refractivity contribution >= 4 is 45.1 Å². The maximum atomic E-state index is 12.9. The highest BCUT2D eigenvalue weighted by Gasteiger charge is 2.34. The Labute approximate surface area is 212 Å². The van der Waals surface area contributed by atoms with Gasteiger partial charge in [-0.3, -0.25) is 0 Å². The maximum absolute atomic E-state index is 12.9. The number of halogens is 5. The van der Waals surface area contributed by atoms with Gasteiger partial charge in [0.25, 0.3) is 0 Å². The van der Waals surface area contributed by atoms with E-state index in [9.17, 15) is 18.0 Å². The quantitative estimate of drug-likeness (QED) is 0.272. The van der Waals surface area contributed by atoms with Crippen molar-refractivity contribution in [3.05, 3.63) is 78.7 Å². The average Bonchev–Trinajstić information content (AvgIpc) is 3.42. The monoisotopic (exact) mass is 613 g/mol. The standard InChI is InChI=1S/C21H12ClF3IN7O2/c1-10-5-11(26)6-13-17(10)28-19(35-20(13)34)15-7-12(8-32-9-16(29-31-32)21(23,24)25)30-33(15)18-14(22)3-2-4-27-18/h2-7,9H,8H2,1H3. The molecule has 0 atom stereocenters. The van der Waals surface area contributed by atoms with Crippen LogP contribution in [0.1, 0.15) is 17.0 Å². The lowest BCUT2D eigenvalue weighted by atomic mass is 10.1. The van der Waals surface area contributed by atoms with Crippen molar-refractivity contribution in [1.82, 2.24) is 34.7 Å². The van der Waals surface area contributed by atoms with Crippen LogP contribution in [0, 0.1) is 10.5 Å². The molecule has 0 aliphatic heterocycles. The molecule has 4 heterocycles. The second kappa shape index (κ2) is 8.71. The summed E-state index contributed by atoms with van der Waals surface area (Å²) < 4.78 is 47.4. The molecule has 14 heteroatoms. The number of pyridine rings is 1. The van der Waals surface area contributed by atoms with Gasteiger partial charge in [0.15, 0.2) is 11.5 Å². The summed E-state index contributed by atoms with van der Waals surface area (Å²) in [5.74, 6) is 0.163. The van der Waals surface area contributed by atoms with Gasteiger partial charge in [0.1, 0.15) is 5.69 Å². The first-order valence-electron chi connectivity index (χ1n) is 9.88. The van der Waals surface area contributed by atoms with Crippen LogP contribution in [0.5, 0.6) is 0 Å². The molecule has 0 unspecified atom stereocenters. The molecule has 9 nitrogen and oxygen atoms in total. The van der Waals surface area contributed by atoms with Gasteiger partial charge in [0.2, 0.25) is 5.89 Å². The summed E-state index contributed by atoms with van der Waals surface area (Å²) in [7, 11) is 0. The van der Waals surface area contributed by atoms with E-state index in [1.54, 1.807) is 18.2 Å². The highest BCUT2D eigenvalue weighted by atomic mass is 127. The average molecular weight is 614 g/mol. The van der Waals surface area contributed by atoms with Gasteiger partial charge in [0.05, 0.1) is 34.4 Å². The Kier molecular flexibility index (Phi) is 5.83. The SMILES string of the molecule is Cc1cc(I)cc2c(=O)oc(-c3cc(Cn4cc(C(F)(F)F)nn4)nn3-c3ncccc3Cl)nc12. The fraction of sp³-hybridized carbons (Fsp3) is 0.143. The molecule has 0 spiro atoms. The van der Waals surface area contributed by atoms with Crippen LogP contribution in [0.2, 0.25) is 5.02 Å². The third kappa shape index (κ3) is 4.52. The van der Waals surface area contributed by atoms with Crippen LogP contribution >= 0.6 is 34.2 Å². The maximum Gasteiger partial charge on any atom is 0.436 e. The summed E-state index contributed by atoms with van der Waals surface area (Å²) >= 11 is 8.42. The van der Waals surface area contributed by atoms with Crippen molar-refractivity contribution < 1.29 is 17.6 Å². The molecule has 0 bridgehead atoms. The first kappa shape index (κ1) is 23.4. The Morgan fingerprint density at radius 2 is 2.03 bits per heavy atom. The van der Waals surface area contributed by atoms with Crippen LogP contribution in [0.3, 0.4) is 0 Å². The van der Waals surface area contributed by atoms with Crippen LogP contribution in [0.15, 0.2) is 51.9 Å². The number of nitrogens with zero attached hydrogens (tertiary/aromatic N) is 7. The van der Waals surface area contributed by atoms with E-state index in [0.717, 1.165) is 20.0 Å². The number of alkyl halides is 3. The molecule has 5 aromatic rings. The molecule has 0 saturated carbocycles. The molecule has 0 saturated heterocycles. The van der Waals surface area contributed by atoms with E-state index >= 15 is 0 Å². The first-order chi connectivity index (χ1) is 16.6. The minimum atomic E-state index is -4.63. The minimum absolute atomic E-state index is 0.0538. The molecular weight excluding hydrogens is 602 g/mol. The van der Waals surface area contributed by atoms with E-state index in [1.807, 2.05) is 13.0 Å². The lowest BCUT2D eigenvalue weighted by Gasteiger charge is -2.08. The van der Waals surface area contributed by atoms with Gasteiger partial charge in [-0.1, -0.05) is 16.8 Å². The molecular formula is C21H12ClF3IN7O2. The third-order valence-electron chi connectivity index (χ3n) is 4.96. The van der Waals surface area contributed by atoms with Crippen molar-refractivity contribution in [2.45, 2.75) is 19.6 Å². The normalized spacial score (nSPS) is 11.9. The smallest absolute Gasteiger partial charge is 0.401 e. The largest absolute Gasteiger partial charge is 0.436 e. The number of aryl methyl sites for hydroxylation is 1. The van der Waals surface area contributed by atoms with Crippen molar-refractivity contribution in [3.63, 3.8) is 0 Å². The Balaban J connectivity index is 1.67. The second-order valence-electron chi connectivity index (χ2n) is 7.47. The van der Waals surface area contributed by atoms with Gasteiger partial charge in [-0.2, -0.15) is 18.3 Å². The van der Waals surface area contributed by atoms with Gasteiger partial charge in [0, 0.05) is 9.77 Å². The zero-order chi connectivity index (χ0) is 24.9. The zero-order valence-corrected chi connectivity index (χ0v) is 20.5. The van der Waals surface area contributed by atoms with E-state index in [4.69, 9.17) is 16.0 Å². The van der Waals surface area contributed by atoms with Crippen LogP contribution in [-0.4, -0.2) is 34.7 Å². The second-order valence-corrected chi connectivity index (χ2v) is 9.12. The fourth-order valence-electron chi connectivity index (χ4n) is 3.44. The summed E-state index contributed by atoms with van der Waals surface area (Å²) in [6.45, 7) is 1.67. The van der Waals surface area contributed by atoms with E-state index in [2.05, 4.69) is 48.0 Å². The molecule has 0 fully saturated rings. The van der Waals surface area contributed by atoms with Crippen molar-refractivity contribution in [2.24, 2.45) is 0 Å².